The minimum absolute atomic E-state index is 0.201. The number of benzene rings is 1. The maximum atomic E-state index is 13.5. The second kappa shape index (κ2) is 4.40. The molecule has 0 bridgehead atoms. The van der Waals surface area contributed by atoms with E-state index in [1.165, 1.54) is 11.0 Å². The third-order valence-electron chi connectivity index (χ3n) is 2.20. The largest absolute Gasteiger partial charge is 0.480 e. The van der Waals surface area contributed by atoms with Crippen LogP contribution in [-0.2, 0) is 4.79 Å². The van der Waals surface area contributed by atoms with E-state index in [-0.39, 0.29) is 5.56 Å². The van der Waals surface area contributed by atoms with Crippen LogP contribution in [0.3, 0.4) is 0 Å². The molecule has 1 aromatic carbocycles. The number of carboxylic acid groups (broad SMARTS) is 1. The average molecular weight is 211 g/mol. The molecule has 0 heterocycles. The van der Waals surface area contributed by atoms with Crippen LogP contribution < -0.4 is 0 Å². The summed E-state index contributed by atoms with van der Waals surface area (Å²) in [5, 5.41) is 9.00. The molecule has 0 amide bonds. The monoisotopic (exact) mass is 211 g/mol. The van der Waals surface area contributed by atoms with Gasteiger partial charge in [-0.1, -0.05) is 17.7 Å². The van der Waals surface area contributed by atoms with Gasteiger partial charge in [0.15, 0.2) is 0 Å². The molecule has 1 N–H and O–H groups in total. The van der Waals surface area contributed by atoms with Crippen molar-refractivity contribution in [3.05, 3.63) is 35.1 Å². The first-order valence-corrected chi connectivity index (χ1v) is 4.58. The van der Waals surface area contributed by atoms with Crippen LogP contribution in [0.1, 0.15) is 17.2 Å². The molecule has 1 aromatic rings. The van der Waals surface area contributed by atoms with Gasteiger partial charge in [0, 0.05) is 5.56 Å². The Balaban J connectivity index is 3.22. The van der Waals surface area contributed by atoms with Gasteiger partial charge in [-0.3, -0.25) is 9.69 Å². The van der Waals surface area contributed by atoms with Crippen molar-refractivity contribution in [3.8, 4) is 0 Å². The van der Waals surface area contributed by atoms with Crippen molar-refractivity contribution in [1.82, 2.24) is 4.90 Å². The molecule has 0 spiro atoms. The number of carbonyl (C=O) groups is 1. The first-order valence-electron chi connectivity index (χ1n) is 4.58. The molecule has 1 atom stereocenters. The van der Waals surface area contributed by atoms with Gasteiger partial charge in [0.05, 0.1) is 0 Å². The molecule has 15 heavy (non-hydrogen) atoms. The third-order valence-corrected chi connectivity index (χ3v) is 2.20. The van der Waals surface area contributed by atoms with Crippen molar-refractivity contribution in [3.63, 3.8) is 0 Å². The zero-order valence-electron chi connectivity index (χ0n) is 8.99. The second-order valence-corrected chi connectivity index (χ2v) is 3.73. The molecule has 4 heteroatoms. The van der Waals surface area contributed by atoms with E-state index in [0.717, 1.165) is 5.56 Å². The fraction of sp³-hybridized carbons (Fsp3) is 0.364. The maximum Gasteiger partial charge on any atom is 0.325 e. The summed E-state index contributed by atoms with van der Waals surface area (Å²) in [6.07, 6.45) is 0. The minimum Gasteiger partial charge on any atom is -0.480 e. The molecule has 0 aromatic heterocycles. The fourth-order valence-electron chi connectivity index (χ4n) is 1.50. The van der Waals surface area contributed by atoms with E-state index < -0.39 is 17.8 Å². The summed E-state index contributed by atoms with van der Waals surface area (Å²) in [7, 11) is 3.22. The highest BCUT2D eigenvalue weighted by Gasteiger charge is 2.25. The second-order valence-electron chi connectivity index (χ2n) is 3.73. The quantitative estimate of drug-likeness (QED) is 0.829. The van der Waals surface area contributed by atoms with Crippen LogP contribution in [0.15, 0.2) is 18.2 Å². The Kier molecular flexibility index (Phi) is 3.42. The lowest BCUT2D eigenvalue weighted by Gasteiger charge is -2.21. The van der Waals surface area contributed by atoms with Crippen LogP contribution in [0.25, 0.3) is 0 Å². The standard InChI is InChI=1S/C11H14FNO2/c1-7-4-5-9(12)8(6-7)10(11(14)15)13(2)3/h4-6,10H,1-3H3,(H,14,15). The smallest absolute Gasteiger partial charge is 0.325 e. The molecule has 0 saturated heterocycles. The van der Waals surface area contributed by atoms with Gasteiger partial charge in [-0.2, -0.15) is 0 Å². The highest BCUT2D eigenvalue weighted by molar-refractivity contribution is 5.75. The molecule has 0 radical (unpaired) electrons. The van der Waals surface area contributed by atoms with Crippen LogP contribution in [0.2, 0.25) is 0 Å². The van der Waals surface area contributed by atoms with Crippen molar-refractivity contribution in [2.45, 2.75) is 13.0 Å². The van der Waals surface area contributed by atoms with E-state index in [4.69, 9.17) is 5.11 Å². The number of halogens is 1. The summed E-state index contributed by atoms with van der Waals surface area (Å²) >= 11 is 0. The molecule has 0 aliphatic heterocycles. The zero-order chi connectivity index (χ0) is 11.6. The van der Waals surface area contributed by atoms with Gasteiger partial charge in [0.1, 0.15) is 11.9 Å². The summed E-state index contributed by atoms with van der Waals surface area (Å²) in [5.41, 5.74) is 1.05. The molecular weight excluding hydrogens is 197 g/mol. The van der Waals surface area contributed by atoms with Gasteiger partial charge in [0.2, 0.25) is 0 Å². The van der Waals surface area contributed by atoms with Gasteiger partial charge in [0.25, 0.3) is 0 Å². The summed E-state index contributed by atoms with van der Waals surface area (Å²) in [4.78, 5) is 12.5. The Morgan fingerprint density at radius 1 is 1.47 bits per heavy atom. The lowest BCUT2D eigenvalue weighted by molar-refractivity contribution is -0.142. The number of aliphatic carboxylic acids is 1. The number of carboxylic acids is 1. The van der Waals surface area contributed by atoms with E-state index in [1.54, 1.807) is 33.2 Å². The minimum atomic E-state index is -1.05. The van der Waals surface area contributed by atoms with E-state index in [0.29, 0.717) is 0 Å². The summed E-state index contributed by atoms with van der Waals surface area (Å²) < 4.78 is 13.5. The van der Waals surface area contributed by atoms with Crippen LogP contribution >= 0.6 is 0 Å². The number of hydrogen-bond acceptors (Lipinski definition) is 2. The summed E-state index contributed by atoms with van der Waals surface area (Å²) in [6.45, 7) is 1.80. The van der Waals surface area contributed by atoms with Gasteiger partial charge in [-0.25, -0.2) is 4.39 Å². The Labute approximate surface area is 88.1 Å². The van der Waals surface area contributed by atoms with Gasteiger partial charge in [-0.05, 0) is 27.1 Å². The predicted octanol–water partition coefficient (Wildman–Crippen LogP) is 1.82. The van der Waals surface area contributed by atoms with E-state index in [2.05, 4.69) is 0 Å². The number of likely N-dealkylation sites (N-methyl/N-ethyl adjacent to an activating group) is 1. The fourth-order valence-corrected chi connectivity index (χ4v) is 1.50. The molecule has 0 saturated carbocycles. The van der Waals surface area contributed by atoms with Crippen molar-refractivity contribution < 1.29 is 14.3 Å². The van der Waals surface area contributed by atoms with Crippen molar-refractivity contribution in [2.75, 3.05) is 14.1 Å². The van der Waals surface area contributed by atoms with E-state index in [9.17, 15) is 9.18 Å². The highest BCUT2D eigenvalue weighted by Crippen LogP contribution is 2.22. The lowest BCUT2D eigenvalue weighted by atomic mass is 10.0. The summed E-state index contributed by atoms with van der Waals surface area (Å²) in [6, 6.07) is 3.54. The molecular formula is C11H14FNO2. The first-order chi connectivity index (χ1) is 6.93. The lowest BCUT2D eigenvalue weighted by Crippen LogP contribution is -2.28. The van der Waals surface area contributed by atoms with Crippen LogP contribution in [-0.4, -0.2) is 30.1 Å². The SMILES string of the molecule is Cc1ccc(F)c(C(C(=O)O)N(C)C)c1. The molecule has 0 aliphatic carbocycles. The maximum absolute atomic E-state index is 13.5. The molecule has 82 valence electrons. The van der Waals surface area contributed by atoms with Gasteiger partial charge >= 0.3 is 5.97 Å². The summed E-state index contributed by atoms with van der Waals surface area (Å²) in [5.74, 6) is -1.54. The molecule has 3 nitrogen and oxygen atoms in total. The van der Waals surface area contributed by atoms with Crippen molar-refractivity contribution >= 4 is 5.97 Å². The zero-order valence-corrected chi connectivity index (χ0v) is 8.99. The Morgan fingerprint density at radius 2 is 2.07 bits per heavy atom. The molecule has 1 unspecified atom stereocenters. The van der Waals surface area contributed by atoms with E-state index in [1.807, 2.05) is 0 Å². The number of hydrogen-bond donors (Lipinski definition) is 1. The van der Waals surface area contributed by atoms with Crippen LogP contribution in [0.4, 0.5) is 4.39 Å². The number of nitrogens with zero attached hydrogens (tertiary/aromatic N) is 1. The average Bonchev–Trinajstić information content (AvgIpc) is 2.10. The van der Waals surface area contributed by atoms with E-state index >= 15 is 0 Å². The Morgan fingerprint density at radius 3 is 2.53 bits per heavy atom. The van der Waals surface area contributed by atoms with Gasteiger partial charge < -0.3 is 5.11 Å². The van der Waals surface area contributed by atoms with Crippen LogP contribution in [0.5, 0.6) is 0 Å². The molecule has 1 rings (SSSR count). The normalized spacial score (nSPS) is 12.9. The molecule has 0 fully saturated rings. The molecule has 0 aliphatic rings. The van der Waals surface area contributed by atoms with Crippen molar-refractivity contribution in [1.29, 1.82) is 0 Å². The Bertz CT molecular complexity index is 377. The predicted molar refractivity (Wildman–Crippen MR) is 55.2 cm³/mol. The van der Waals surface area contributed by atoms with Gasteiger partial charge in [-0.15, -0.1) is 0 Å². The van der Waals surface area contributed by atoms with Crippen LogP contribution in [0, 0.1) is 12.7 Å². The van der Waals surface area contributed by atoms with Crippen molar-refractivity contribution in [2.24, 2.45) is 0 Å². The topological polar surface area (TPSA) is 40.5 Å². The Hall–Kier alpha value is -1.42. The number of aryl methyl sites for hydroxylation is 1. The highest BCUT2D eigenvalue weighted by atomic mass is 19.1. The third kappa shape index (κ3) is 2.53. The number of rotatable bonds is 3. The first kappa shape index (κ1) is 11.7.